The van der Waals surface area contributed by atoms with E-state index in [1.165, 1.54) is 0 Å². The van der Waals surface area contributed by atoms with Crippen molar-refractivity contribution in [3.63, 3.8) is 0 Å². The van der Waals surface area contributed by atoms with Gasteiger partial charge < -0.3 is 10.6 Å². The molecule has 0 fully saturated rings. The SMILES string of the molecule is CNC(C(=O)Nc1cccc(-n2nnnc2C)c1)c1cnn(C)c1. The summed E-state index contributed by atoms with van der Waals surface area (Å²) in [5.74, 6) is 0.498. The third-order valence-electron chi connectivity index (χ3n) is 3.59. The molecule has 2 N–H and O–H groups in total. The minimum absolute atomic E-state index is 0.170. The largest absolute Gasteiger partial charge is 0.324 e. The van der Waals surface area contributed by atoms with E-state index in [0.29, 0.717) is 11.5 Å². The van der Waals surface area contributed by atoms with Crippen molar-refractivity contribution in [1.29, 1.82) is 0 Å². The number of rotatable bonds is 5. The molecule has 9 nitrogen and oxygen atoms in total. The molecule has 9 heteroatoms. The predicted molar refractivity (Wildman–Crippen MR) is 87.5 cm³/mol. The van der Waals surface area contributed by atoms with Crippen LogP contribution in [0.4, 0.5) is 5.69 Å². The first-order chi connectivity index (χ1) is 11.6. The normalized spacial score (nSPS) is 12.1. The highest BCUT2D eigenvalue weighted by Crippen LogP contribution is 2.18. The summed E-state index contributed by atoms with van der Waals surface area (Å²) in [6.45, 7) is 1.81. The van der Waals surface area contributed by atoms with Crippen molar-refractivity contribution in [3.8, 4) is 5.69 Å². The first-order valence-electron chi connectivity index (χ1n) is 7.40. The summed E-state index contributed by atoms with van der Waals surface area (Å²) in [5.41, 5.74) is 2.24. The summed E-state index contributed by atoms with van der Waals surface area (Å²) in [6, 6.07) is 6.85. The van der Waals surface area contributed by atoms with E-state index in [1.807, 2.05) is 44.4 Å². The highest BCUT2D eigenvalue weighted by molar-refractivity contribution is 5.95. The summed E-state index contributed by atoms with van der Waals surface area (Å²) < 4.78 is 3.26. The Balaban J connectivity index is 1.80. The molecule has 2 aromatic heterocycles. The highest BCUT2D eigenvalue weighted by Gasteiger charge is 2.20. The molecule has 0 aliphatic heterocycles. The Morgan fingerprint density at radius 1 is 1.33 bits per heavy atom. The van der Waals surface area contributed by atoms with Gasteiger partial charge >= 0.3 is 0 Å². The molecule has 0 aliphatic rings. The van der Waals surface area contributed by atoms with Crippen LogP contribution in [0.1, 0.15) is 17.4 Å². The zero-order valence-electron chi connectivity index (χ0n) is 13.6. The molecule has 3 rings (SSSR count). The third kappa shape index (κ3) is 3.15. The van der Waals surface area contributed by atoms with Crippen molar-refractivity contribution in [2.75, 3.05) is 12.4 Å². The molecule has 3 aromatic rings. The summed E-state index contributed by atoms with van der Waals surface area (Å²) >= 11 is 0. The van der Waals surface area contributed by atoms with Crippen molar-refractivity contribution >= 4 is 11.6 Å². The zero-order valence-corrected chi connectivity index (χ0v) is 13.6. The Labute approximate surface area is 138 Å². The molecular formula is C15H18N8O. The van der Waals surface area contributed by atoms with E-state index in [9.17, 15) is 4.79 Å². The smallest absolute Gasteiger partial charge is 0.246 e. The van der Waals surface area contributed by atoms with Gasteiger partial charge in [-0.2, -0.15) is 9.78 Å². The second kappa shape index (κ2) is 6.59. The number of aryl methyl sites for hydroxylation is 2. The monoisotopic (exact) mass is 326 g/mol. The van der Waals surface area contributed by atoms with Crippen LogP contribution < -0.4 is 10.6 Å². The van der Waals surface area contributed by atoms with Crippen molar-refractivity contribution in [1.82, 2.24) is 35.3 Å². The molecule has 2 heterocycles. The highest BCUT2D eigenvalue weighted by atomic mass is 16.2. The summed E-state index contributed by atoms with van der Waals surface area (Å²) in [7, 11) is 3.55. The summed E-state index contributed by atoms with van der Waals surface area (Å²) in [5, 5.41) is 21.4. The van der Waals surface area contributed by atoms with Crippen LogP contribution in [0.5, 0.6) is 0 Å². The number of tetrazole rings is 1. The van der Waals surface area contributed by atoms with E-state index in [4.69, 9.17) is 0 Å². The maximum atomic E-state index is 12.6. The molecule has 0 saturated heterocycles. The molecule has 0 bridgehead atoms. The van der Waals surface area contributed by atoms with Crippen LogP contribution in [0.25, 0.3) is 5.69 Å². The number of carbonyl (C=O) groups excluding carboxylic acids is 1. The second-order valence-electron chi connectivity index (χ2n) is 5.35. The fraction of sp³-hybridized carbons (Fsp3) is 0.267. The number of carbonyl (C=O) groups is 1. The van der Waals surface area contributed by atoms with Gasteiger partial charge in [-0.25, -0.2) is 0 Å². The zero-order chi connectivity index (χ0) is 17.1. The lowest BCUT2D eigenvalue weighted by Gasteiger charge is -2.15. The van der Waals surface area contributed by atoms with Gasteiger partial charge in [-0.15, -0.1) is 5.10 Å². The van der Waals surface area contributed by atoms with Gasteiger partial charge in [-0.05, 0) is 42.6 Å². The Morgan fingerprint density at radius 2 is 2.17 bits per heavy atom. The Hall–Kier alpha value is -3.07. The van der Waals surface area contributed by atoms with E-state index in [0.717, 1.165) is 11.3 Å². The van der Waals surface area contributed by atoms with Crippen molar-refractivity contribution < 1.29 is 4.79 Å². The molecular weight excluding hydrogens is 308 g/mol. The molecule has 124 valence electrons. The molecule has 1 atom stereocenters. The number of benzene rings is 1. The van der Waals surface area contributed by atoms with E-state index >= 15 is 0 Å². The second-order valence-corrected chi connectivity index (χ2v) is 5.35. The number of likely N-dealkylation sites (N-methyl/N-ethyl adjacent to an activating group) is 1. The average molecular weight is 326 g/mol. The van der Waals surface area contributed by atoms with Crippen molar-refractivity contribution in [3.05, 3.63) is 48.0 Å². The van der Waals surface area contributed by atoms with Gasteiger partial charge in [0.2, 0.25) is 5.91 Å². The van der Waals surface area contributed by atoms with Crippen LogP contribution in [0.2, 0.25) is 0 Å². The standard InChI is InChI=1S/C15H18N8O/c1-10-19-20-21-23(10)13-6-4-5-12(7-13)18-15(24)14(16-2)11-8-17-22(3)9-11/h4-9,14,16H,1-3H3,(H,18,24). The maximum Gasteiger partial charge on any atom is 0.246 e. The van der Waals surface area contributed by atoms with Crippen molar-refractivity contribution in [2.45, 2.75) is 13.0 Å². The topological polar surface area (TPSA) is 103 Å². The molecule has 0 radical (unpaired) electrons. The van der Waals surface area contributed by atoms with E-state index in [2.05, 4.69) is 31.3 Å². The van der Waals surface area contributed by atoms with Gasteiger partial charge in [-0.1, -0.05) is 6.07 Å². The van der Waals surface area contributed by atoms with Gasteiger partial charge in [0.05, 0.1) is 11.9 Å². The lowest BCUT2D eigenvalue weighted by molar-refractivity contribution is -0.118. The third-order valence-corrected chi connectivity index (χ3v) is 3.59. The number of nitrogens with zero attached hydrogens (tertiary/aromatic N) is 6. The Bertz CT molecular complexity index is 853. The van der Waals surface area contributed by atoms with Crippen molar-refractivity contribution in [2.24, 2.45) is 7.05 Å². The van der Waals surface area contributed by atoms with Gasteiger partial charge in [0.25, 0.3) is 0 Å². The molecule has 0 spiro atoms. The van der Waals surface area contributed by atoms with Crippen LogP contribution in [0.3, 0.4) is 0 Å². The number of anilines is 1. The summed E-state index contributed by atoms with van der Waals surface area (Å²) in [4.78, 5) is 12.6. The fourth-order valence-corrected chi connectivity index (χ4v) is 2.44. The first kappa shape index (κ1) is 15.8. The van der Waals surface area contributed by atoms with Gasteiger partial charge in [0.1, 0.15) is 6.04 Å². The number of hydrogen-bond acceptors (Lipinski definition) is 6. The molecule has 1 amide bonds. The fourth-order valence-electron chi connectivity index (χ4n) is 2.44. The van der Waals surface area contributed by atoms with Crippen LogP contribution in [0.15, 0.2) is 36.7 Å². The number of nitrogens with one attached hydrogen (secondary N) is 2. The predicted octanol–water partition coefficient (Wildman–Crippen LogP) is 0.603. The first-order valence-corrected chi connectivity index (χ1v) is 7.40. The average Bonchev–Trinajstić information content (AvgIpc) is 3.17. The molecule has 24 heavy (non-hydrogen) atoms. The van der Waals surface area contributed by atoms with Gasteiger partial charge in [-0.3, -0.25) is 9.48 Å². The summed E-state index contributed by atoms with van der Waals surface area (Å²) in [6.07, 6.45) is 3.48. The molecule has 0 saturated carbocycles. The van der Waals surface area contributed by atoms with E-state index in [-0.39, 0.29) is 5.91 Å². The lowest BCUT2D eigenvalue weighted by Crippen LogP contribution is -2.30. The lowest BCUT2D eigenvalue weighted by atomic mass is 10.1. The maximum absolute atomic E-state index is 12.6. The number of hydrogen-bond donors (Lipinski definition) is 2. The quantitative estimate of drug-likeness (QED) is 0.712. The number of amides is 1. The molecule has 1 aromatic carbocycles. The molecule has 1 unspecified atom stereocenters. The number of aromatic nitrogens is 6. The Kier molecular flexibility index (Phi) is 4.34. The molecule has 0 aliphatic carbocycles. The van der Waals surface area contributed by atoms with Crippen LogP contribution >= 0.6 is 0 Å². The van der Waals surface area contributed by atoms with E-state index in [1.54, 1.807) is 22.6 Å². The van der Waals surface area contributed by atoms with Crippen LogP contribution in [0, 0.1) is 6.92 Å². The van der Waals surface area contributed by atoms with Crippen LogP contribution in [-0.2, 0) is 11.8 Å². The Morgan fingerprint density at radius 3 is 2.79 bits per heavy atom. The minimum Gasteiger partial charge on any atom is -0.324 e. The van der Waals surface area contributed by atoms with Crippen LogP contribution in [-0.4, -0.2) is 42.9 Å². The minimum atomic E-state index is -0.489. The van der Waals surface area contributed by atoms with Gasteiger partial charge in [0.15, 0.2) is 5.82 Å². The van der Waals surface area contributed by atoms with E-state index < -0.39 is 6.04 Å². The van der Waals surface area contributed by atoms with Gasteiger partial charge in [0, 0.05) is 24.5 Å².